The molecule has 2 heterocycles. The molecule has 0 radical (unpaired) electrons. The maximum absolute atomic E-state index is 6.49. The van der Waals surface area contributed by atoms with Gasteiger partial charge in [0.05, 0.1) is 0 Å². The van der Waals surface area contributed by atoms with Gasteiger partial charge in [0.2, 0.25) is 0 Å². The van der Waals surface area contributed by atoms with Crippen LogP contribution in [0.1, 0.15) is 0 Å². The van der Waals surface area contributed by atoms with Gasteiger partial charge in [0, 0.05) is 27.5 Å². The zero-order valence-corrected chi connectivity index (χ0v) is 24.2. The summed E-state index contributed by atoms with van der Waals surface area (Å²) in [7, 11) is 0. The maximum atomic E-state index is 6.49. The second kappa shape index (κ2) is 10.2. The molecule has 0 N–H and O–H groups in total. The molecule has 0 atom stereocenters. The molecule has 0 bridgehead atoms. The molecule has 0 saturated carbocycles. The summed E-state index contributed by atoms with van der Waals surface area (Å²) in [5.74, 6) is 1.86. The third-order valence-electron chi connectivity index (χ3n) is 8.50. The summed E-state index contributed by atoms with van der Waals surface area (Å²) < 4.78 is 6.49. The van der Waals surface area contributed by atoms with Crippen LogP contribution in [-0.4, -0.2) is 15.0 Å². The van der Waals surface area contributed by atoms with E-state index < -0.39 is 0 Å². The van der Waals surface area contributed by atoms with Gasteiger partial charge in [-0.05, 0) is 56.9 Å². The number of furan rings is 1. The Balaban J connectivity index is 1.34. The Morgan fingerprint density at radius 1 is 0.356 bits per heavy atom. The van der Waals surface area contributed by atoms with Crippen LogP contribution in [0.25, 0.3) is 88.8 Å². The highest BCUT2D eigenvalue weighted by Crippen LogP contribution is 2.40. The highest BCUT2D eigenvalue weighted by atomic mass is 16.3. The summed E-state index contributed by atoms with van der Waals surface area (Å²) in [6.07, 6.45) is 0. The fourth-order valence-corrected chi connectivity index (χ4v) is 6.31. The lowest BCUT2D eigenvalue weighted by molar-refractivity contribution is 0.669. The van der Waals surface area contributed by atoms with E-state index in [1.165, 1.54) is 21.5 Å². The minimum Gasteiger partial charge on any atom is -0.456 e. The second-order valence-corrected chi connectivity index (χ2v) is 11.3. The van der Waals surface area contributed by atoms with E-state index in [-0.39, 0.29) is 0 Å². The molecule has 0 aliphatic heterocycles. The van der Waals surface area contributed by atoms with Gasteiger partial charge in [-0.3, -0.25) is 0 Å². The summed E-state index contributed by atoms with van der Waals surface area (Å²) in [6, 6.07) is 52.2. The normalized spacial score (nSPS) is 11.6. The van der Waals surface area contributed by atoms with Crippen LogP contribution >= 0.6 is 0 Å². The number of hydrogen-bond acceptors (Lipinski definition) is 4. The number of rotatable bonds is 4. The van der Waals surface area contributed by atoms with Crippen molar-refractivity contribution in [3.05, 3.63) is 152 Å². The Bertz CT molecular complexity index is 2480. The third-order valence-corrected chi connectivity index (χ3v) is 8.50. The molecule has 4 nitrogen and oxygen atoms in total. The average molecular weight is 576 g/mol. The SMILES string of the molecule is c1ccc(-c2nc(-c3ccccc3)nc(-c3cc(-c4ccc5ccc6ccccc6c5c4)cc4oc5ccccc5c34)n2)cc1. The van der Waals surface area contributed by atoms with Crippen molar-refractivity contribution in [3.8, 4) is 45.3 Å². The van der Waals surface area contributed by atoms with E-state index in [0.717, 1.165) is 49.8 Å². The highest BCUT2D eigenvalue weighted by Gasteiger charge is 2.20. The first-order valence-electron chi connectivity index (χ1n) is 15.0. The quantitative estimate of drug-likeness (QED) is 0.196. The first kappa shape index (κ1) is 25.4. The van der Waals surface area contributed by atoms with Crippen LogP contribution in [-0.2, 0) is 0 Å². The molecule has 0 aliphatic carbocycles. The first-order valence-corrected chi connectivity index (χ1v) is 15.0. The molecule has 0 spiro atoms. The summed E-state index contributed by atoms with van der Waals surface area (Å²) in [5, 5.41) is 6.91. The topological polar surface area (TPSA) is 51.8 Å². The lowest BCUT2D eigenvalue weighted by Crippen LogP contribution is -2.00. The van der Waals surface area contributed by atoms with Crippen molar-refractivity contribution in [2.24, 2.45) is 0 Å². The lowest BCUT2D eigenvalue weighted by Gasteiger charge is -2.12. The number of nitrogens with zero attached hydrogens (tertiary/aromatic N) is 3. The smallest absolute Gasteiger partial charge is 0.164 e. The van der Waals surface area contributed by atoms with Crippen LogP contribution in [0.15, 0.2) is 156 Å². The summed E-state index contributed by atoms with van der Waals surface area (Å²) in [6.45, 7) is 0. The van der Waals surface area contributed by atoms with Gasteiger partial charge in [-0.15, -0.1) is 0 Å². The van der Waals surface area contributed by atoms with E-state index in [0.29, 0.717) is 17.5 Å². The first-order chi connectivity index (χ1) is 22.3. The fraction of sp³-hybridized carbons (Fsp3) is 0. The molecule has 9 rings (SSSR count). The Kier molecular flexibility index (Phi) is 5.78. The Morgan fingerprint density at radius 3 is 1.67 bits per heavy atom. The maximum Gasteiger partial charge on any atom is 0.164 e. The third kappa shape index (κ3) is 4.35. The standard InChI is InChI=1S/C41H25N3O/c1-3-12-28(13-4-1)39-42-40(29-14-5-2-6-15-29)44-41(43-39)35-24-31(25-37-38(35)33-17-9-10-18-36(33)45-37)30-22-21-27-20-19-26-11-7-8-16-32(26)34(27)23-30/h1-25H. The zero-order chi connectivity index (χ0) is 29.7. The van der Waals surface area contributed by atoms with Crippen molar-refractivity contribution in [1.29, 1.82) is 0 Å². The molecule has 0 aliphatic rings. The van der Waals surface area contributed by atoms with Gasteiger partial charge in [0.1, 0.15) is 11.2 Å². The van der Waals surface area contributed by atoms with Gasteiger partial charge in [0.15, 0.2) is 17.5 Å². The van der Waals surface area contributed by atoms with Crippen LogP contribution in [0.5, 0.6) is 0 Å². The van der Waals surface area contributed by atoms with E-state index in [4.69, 9.17) is 19.4 Å². The number of para-hydroxylation sites is 1. The summed E-state index contributed by atoms with van der Waals surface area (Å²) in [4.78, 5) is 15.1. The van der Waals surface area contributed by atoms with E-state index in [1.807, 2.05) is 78.9 Å². The van der Waals surface area contributed by atoms with Crippen molar-refractivity contribution in [3.63, 3.8) is 0 Å². The molecular formula is C41H25N3O. The van der Waals surface area contributed by atoms with Crippen molar-refractivity contribution < 1.29 is 4.42 Å². The minimum atomic E-state index is 0.604. The van der Waals surface area contributed by atoms with E-state index in [9.17, 15) is 0 Å². The van der Waals surface area contributed by atoms with Crippen LogP contribution in [0.2, 0.25) is 0 Å². The van der Waals surface area contributed by atoms with Gasteiger partial charge in [-0.2, -0.15) is 0 Å². The Labute approximate surface area is 259 Å². The Morgan fingerprint density at radius 2 is 0.933 bits per heavy atom. The number of aromatic nitrogens is 3. The zero-order valence-electron chi connectivity index (χ0n) is 24.2. The van der Waals surface area contributed by atoms with Gasteiger partial charge < -0.3 is 4.42 Å². The van der Waals surface area contributed by atoms with E-state index >= 15 is 0 Å². The molecule has 0 saturated heterocycles. The predicted octanol–water partition coefficient (Wildman–Crippen LogP) is 10.7. The van der Waals surface area contributed by atoms with E-state index in [1.54, 1.807) is 0 Å². The molecule has 0 fully saturated rings. The fourth-order valence-electron chi connectivity index (χ4n) is 6.31. The molecule has 0 unspecified atom stereocenters. The Hall–Kier alpha value is -6.13. The van der Waals surface area contributed by atoms with Gasteiger partial charge >= 0.3 is 0 Å². The van der Waals surface area contributed by atoms with Crippen molar-refractivity contribution in [2.75, 3.05) is 0 Å². The molecule has 2 aromatic heterocycles. The van der Waals surface area contributed by atoms with Crippen molar-refractivity contribution in [1.82, 2.24) is 15.0 Å². The van der Waals surface area contributed by atoms with Crippen molar-refractivity contribution >= 4 is 43.5 Å². The lowest BCUT2D eigenvalue weighted by atomic mass is 9.94. The van der Waals surface area contributed by atoms with Crippen LogP contribution < -0.4 is 0 Å². The highest BCUT2D eigenvalue weighted by molar-refractivity contribution is 6.14. The van der Waals surface area contributed by atoms with Crippen molar-refractivity contribution in [2.45, 2.75) is 0 Å². The van der Waals surface area contributed by atoms with Gasteiger partial charge in [0.25, 0.3) is 0 Å². The summed E-state index contributed by atoms with van der Waals surface area (Å²) in [5.41, 5.74) is 6.54. The van der Waals surface area contributed by atoms with Crippen LogP contribution in [0.4, 0.5) is 0 Å². The minimum absolute atomic E-state index is 0.604. The number of hydrogen-bond donors (Lipinski definition) is 0. The number of fused-ring (bicyclic) bond motifs is 6. The number of benzene rings is 7. The predicted molar refractivity (Wildman–Crippen MR) is 184 cm³/mol. The molecular weight excluding hydrogens is 550 g/mol. The average Bonchev–Trinajstić information content (AvgIpc) is 3.50. The monoisotopic (exact) mass is 575 g/mol. The molecule has 45 heavy (non-hydrogen) atoms. The largest absolute Gasteiger partial charge is 0.456 e. The van der Waals surface area contributed by atoms with Gasteiger partial charge in [-0.25, -0.2) is 15.0 Å². The molecule has 210 valence electrons. The summed E-state index contributed by atoms with van der Waals surface area (Å²) >= 11 is 0. The van der Waals surface area contributed by atoms with Crippen LogP contribution in [0, 0.1) is 0 Å². The molecule has 4 heteroatoms. The van der Waals surface area contributed by atoms with Gasteiger partial charge in [-0.1, -0.05) is 127 Å². The second-order valence-electron chi connectivity index (χ2n) is 11.3. The van der Waals surface area contributed by atoms with E-state index in [2.05, 4.69) is 72.8 Å². The molecule has 9 aromatic rings. The molecule has 7 aromatic carbocycles. The molecule has 0 amide bonds. The van der Waals surface area contributed by atoms with Crippen LogP contribution in [0.3, 0.4) is 0 Å².